The molecule has 1 saturated heterocycles. The van der Waals surface area contributed by atoms with E-state index in [4.69, 9.17) is 21.3 Å². The molecule has 0 bridgehead atoms. The zero-order valence-electron chi connectivity index (χ0n) is 27.8. The fourth-order valence-electron chi connectivity index (χ4n) is 5.83. The molecule has 1 aliphatic rings. The lowest BCUT2D eigenvalue weighted by molar-refractivity contribution is 0.0130. The van der Waals surface area contributed by atoms with E-state index >= 15 is 4.39 Å². The van der Waals surface area contributed by atoms with Crippen LogP contribution < -0.4 is 10.6 Å². The van der Waals surface area contributed by atoms with E-state index in [1.165, 1.54) is 10.6 Å². The van der Waals surface area contributed by atoms with Crippen LogP contribution in [0.2, 0.25) is 5.02 Å². The average Bonchev–Trinajstić information content (AvgIpc) is 2.97. The van der Waals surface area contributed by atoms with Crippen LogP contribution >= 0.6 is 11.6 Å². The van der Waals surface area contributed by atoms with Crippen LogP contribution in [0.1, 0.15) is 85.4 Å². The number of fused-ring (bicyclic) bond motifs is 1. The summed E-state index contributed by atoms with van der Waals surface area (Å²) in [6, 6.07) is 7.45. The molecular weight excluding hydrogens is 609 g/mol. The highest BCUT2D eigenvalue weighted by atomic mass is 35.5. The van der Waals surface area contributed by atoms with Crippen molar-refractivity contribution in [3.05, 3.63) is 69.1 Å². The number of hydrogen-bond acceptors (Lipinski definition) is 8. The number of nitrogens with zero attached hydrogens (tertiary/aromatic N) is 7. The summed E-state index contributed by atoms with van der Waals surface area (Å²) < 4.78 is 22.2. The molecule has 0 radical (unpaired) electrons. The number of pyridine rings is 1. The molecule has 1 aliphatic heterocycles. The van der Waals surface area contributed by atoms with Crippen molar-refractivity contribution in [3.63, 3.8) is 0 Å². The molecule has 46 heavy (non-hydrogen) atoms. The predicted molar refractivity (Wildman–Crippen MR) is 179 cm³/mol. The van der Waals surface area contributed by atoms with Gasteiger partial charge < -0.3 is 14.5 Å². The summed E-state index contributed by atoms with van der Waals surface area (Å²) in [5, 5.41) is 9.39. The minimum Gasteiger partial charge on any atom is -0.444 e. The van der Waals surface area contributed by atoms with Crippen molar-refractivity contribution in [2.24, 2.45) is 0 Å². The number of hydrogen-bond donors (Lipinski definition) is 0. The van der Waals surface area contributed by atoms with Crippen molar-refractivity contribution in [2.75, 3.05) is 18.0 Å². The third-order valence-corrected chi connectivity index (χ3v) is 8.38. The highest BCUT2D eigenvalue weighted by Crippen LogP contribution is 2.37. The lowest BCUT2D eigenvalue weighted by atomic mass is 9.98. The highest BCUT2D eigenvalue weighted by molar-refractivity contribution is 6.33. The summed E-state index contributed by atoms with van der Waals surface area (Å²) in [5.41, 5.74) is 1.44. The Labute approximate surface area is 273 Å². The Bertz CT molecular complexity index is 1830. The van der Waals surface area contributed by atoms with E-state index in [1.807, 2.05) is 67.2 Å². The van der Waals surface area contributed by atoms with Gasteiger partial charge in [-0.05, 0) is 64.7 Å². The van der Waals surface area contributed by atoms with Crippen LogP contribution in [0.25, 0.3) is 28.0 Å². The van der Waals surface area contributed by atoms with Crippen molar-refractivity contribution in [1.82, 2.24) is 29.6 Å². The molecule has 3 aromatic heterocycles. The predicted octanol–water partition coefficient (Wildman–Crippen LogP) is 7.11. The minimum absolute atomic E-state index is 0.00947. The summed E-state index contributed by atoms with van der Waals surface area (Å²) >= 11 is 6.86. The molecule has 0 N–H and O–H groups in total. The summed E-state index contributed by atoms with van der Waals surface area (Å²) in [6.45, 7) is 18.1. The number of piperazine rings is 1. The van der Waals surface area contributed by atoms with Gasteiger partial charge in [-0.2, -0.15) is 15.2 Å². The molecule has 2 atom stereocenters. The molecule has 0 spiro atoms. The van der Waals surface area contributed by atoms with Crippen LogP contribution in [-0.2, 0) is 4.74 Å². The van der Waals surface area contributed by atoms with Gasteiger partial charge in [-0.25, -0.2) is 23.5 Å². The third-order valence-electron chi connectivity index (χ3n) is 8.09. The molecule has 0 unspecified atom stereocenters. The topological polar surface area (TPSA) is 106 Å². The second kappa shape index (κ2) is 12.6. The number of halogens is 2. The number of carbonyl (C=O) groups is 1. The Kier molecular flexibility index (Phi) is 9.10. The number of aromatic nitrogens is 5. The van der Waals surface area contributed by atoms with E-state index in [-0.39, 0.29) is 45.8 Å². The number of amides is 1. The Balaban J connectivity index is 1.78. The second-order valence-corrected chi connectivity index (χ2v) is 14.0. The van der Waals surface area contributed by atoms with Crippen LogP contribution in [0.5, 0.6) is 0 Å². The standard InChI is InChI=1S/C34H41ClFN7O3/c1-18(2)24-15-37-40-27(19(3)4)29(24)43-31-23(14-25(35)28(38-31)22-12-10-11-13-26(22)36)30(39-32(43)44)41-16-21(6)42(17-20(41)5)33(45)46-34(7,8)9/h10-15,18-21H,16-17H2,1-9H3/t20-,21+/m1/s1. The van der Waals surface area contributed by atoms with Gasteiger partial charge >= 0.3 is 11.8 Å². The van der Waals surface area contributed by atoms with Crippen molar-refractivity contribution in [3.8, 4) is 16.9 Å². The van der Waals surface area contributed by atoms with Crippen molar-refractivity contribution >= 4 is 34.5 Å². The molecule has 0 aliphatic carbocycles. The molecule has 1 aromatic carbocycles. The van der Waals surface area contributed by atoms with Gasteiger partial charge in [0.15, 0.2) is 5.65 Å². The molecule has 1 fully saturated rings. The summed E-state index contributed by atoms with van der Waals surface area (Å²) in [7, 11) is 0. The lowest BCUT2D eigenvalue weighted by Gasteiger charge is -2.44. The fraction of sp³-hybridized carbons (Fsp3) is 0.471. The molecular formula is C34H41ClFN7O3. The molecule has 244 valence electrons. The smallest absolute Gasteiger partial charge is 0.410 e. The van der Waals surface area contributed by atoms with Crippen LogP contribution in [0.3, 0.4) is 0 Å². The number of benzene rings is 1. The maximum absolute atomic E-state index is 15.1. The second-order valence-electron chi connectivity index (χ2n) is 13.5. The monoisotopic (exact) mass is 649 g/mol. The van der Waals surface area contributed by atoms with Gasteiger partial charge in [-0.15, -0.1) is 0 Å². The third kappa shape index (κ3) is 6.29. The molecule has 10 nitrogen and oxygen atoms in total. The highest BCUT2D eigenvalue weighted by Gasteiger charge is 2.37. The molecule has 5 rings (SSSR count). The van der Waals surface area contributed by atoms with Gasteiger partial charge in [0.25, 0.3) is 0 Å². The van der Waals surface area contributed by atoms with Crippen LogP contribution in [-0.4, -0.2) is 66.5 Å². The first-order valence-electron chi connectivity index (χ1n) is 15.6. The molecule has 0 saturated carbocycles. The van der Waals surface area contributed by atoms with Crippen molar-refractivity contribution < 1.29 is 13.9 Å². The average molecular weight is 650 g/mol. The van der Waals surface area contributed by atoms with E-state index in [2.05, 4.69) is 15.2 Å². The van der Waals surface area contributed by atoms with Gasteiger partial charge in [0.05, 0.1) is 33.7 Å². The molecule has 1 amide bonds. The number of carbonyl (C=O) groups excluding carboxylic acids is 1. The van der Waals surface area contributed by atoms with Gasteiger partial charge in [-0.1, -0.05) is 51.4 Å². The Morgan fingerprint density at radius 2 is 1.74 bits per heavy atom. The molecule has 4 heterocycles. The van der Waals surface area contributed by atoms with Crippen molar-refractivity contribution in [2.45, 2.75) is 91.8 Å². The zero-order chi connectivity index (χ0) is 33.7. The normalized spacial score (nSPS) is 17.3. The van der Waals surface area contributed by atoms with E-state index in [0.717, 1.165) is 5.56 Å². The molecule has 12 heteroatoms. The SMILES string of the molecule is CC(C)c1cnnc(C(C)C)c1-n1c(=O)nc(N2C[C@H](C)N(C(=O)OC(C)(C)C)C[C@H]2C)c2cc(Cl)c(-c3ccccc3F)nc21. The van der Waals surface area contributed by atoms with Gasteiger partial charge in [0, 0.05) is 36.3 Å². The number of ether oxygens (including phenoxy) is 1. The van der Waals surface area contributed by atoms with Crippen LogP contribution in [0.4, 0.5) is 15.0 Å². The van der Waals surface area contributed by atoms with E-state index in [1.54, 1.807) is 35.4 Å². The maximum Gasteiger partial charge on any atom is 0.410 e. The first-order chi connectivity index (χ1) is 21.6. The number of anilines is 1. The largest absolute Gasteiger partial charge is 0.444 e. The first-order valence-corrected chi connectivity index (χ1v) is 16.0. The van der Waals surface area contributed by atoms with Crippen LogP contribution in [0, 0.1) is 5.82 Å². The summed E-state index contributed by atoms with van der Waals surface area (Å²) in [6.07, 6.45) is 1.26. The minimum atomic E-state index is -0.636. The molecule has 4 aromatic rings. The van der Waals surface area contributed by atoms with Gasteiger partial charge in [-0.3, -0.25) is 0 Å². The summed E-state index contributed by atoms with van der Waals surface area (Å²) in [5.74, 6) is -0.197. The van der Waals surface area contributed by atoms with Crippen molar-refractivity contribution in [1.29, 1.82) is 0 Å². The first kappa shape index (κ1) is 33.2. The van der Waals surface area contributed by atoms with E-state index < -0.39 is 23.2 Å². The van der Waals surface area contributed by atoms with Crippen LogP contribution in [0.15, 0.2) is 41.3 Å². The lowest BCUT2D eigenvalue weighted by Crippen LogP contribution is -2.59. The Hall–Kier alpha value is -4.12. The maximum atomic E-state index is 15.1. The van der Waals surface area contributed by atoms with Gasteiger partial charge in [0.2, 0.25) is 0 Å². The fourth-order valence-corrected chi connectivity index (χ4v) is 6.08. The Morgan fingerprint density at radius 3 is 2.37 bits per heavy atom. The number of rotatable bonds is 5. The van der Waals surface area contributed by atoms with E-state index in [0.29, 0.717) is 35.7 Å². The zero-order valence-corrected chi connectivity index (χ0v) is 28.6. The summed E-state index contributed by atoms with van der Waals surface area (Å²) in [4.78, 5) is 40.6. The Morgan fingerprint density at radius 1 is 1.04 bits per heavy atom. The quantitative estimate of drug-likeness (QED) is 0.225. The van der Waals surface area contributed by atoms with E-state index in [9.17, 15) is 9.59 Å². The van der Waals surface area contributed by atoms with Gasteiger partial charge in [0.1, 0.15) is 17.2 Å².